The summed E-state index contributed by atoms with van der Waals surface area (Å²) in [6.45, 7) is 1.80. The van der Waals surface area contributed by atoms with Crippen molar-refractivity contribution in [2.75, 3.05) is 17.7 Å². The molecule has 0 radical (unpaired) electrons. The van der Waals surface area contributed by atoms with Gasteiger partial charge < -0.3 is 15.6 Å². The molecule has 0 saturated carbocycles. The van der Waals surface area contributed by atoms with E-state index in [4.69, 9.17) is 5.73 Å². The van der Waals surface area contributed by atoms with Crippen LogP contribution >= 0.6 is 0 Å². The van der Waals surface area contributed by atoms with Crippen LogP contribution in [0.3, 0.4) is 0 Å². The molecule has 2 aromatic carbocycles. The number of hydrogen-bond acceptors (Lipinski definition) is 3. The number of aromatic nitrogens is 1. The topological polar surface area (TPSA) is 79.2 Å². The molecule has 8 heteroatoms. The largest absolute Gasteiger partial charge is 0.416 e. The van der Waals surface area contributed by atoms with E-state index >= 15 is 0 Å². The number of nitrogens with one attached hydrogen (secondary N) is 1. The molecule has 0 bridgehead atoms. The normalized spacial score (nSPS) is 11.6. The smallest absolute Gasteiger partial charge is 0.397 e. The van der Waals surface area contributed by atoms with Crippen molar-refractivity contribution in [2.45, 2.75) is 13.1 Å². The summed E-state index contributed by atoms with van der Waals surface area (Å²) in [6.07, 6.45) is -4.47. The Morgan fingerprint density at radius 3 is 2.33 bits per heavy atom. The molecule has 3 N–H and O–H groups in total. The number of carbonyl (C=O) groups is 1. The highest BCUT2D eigenvalue weighted by Gasteiger charge is 2.30. The van der Waals surface area contributed by atoms with E-state index in [1.165, 1.54) is 7.05 Å². The second-order valence-electron chi connectivity index (χ2n) is 6.15. The van der Waals surface area contributed by atoms with Crippen molar-refractivity contribution in [3.8, 4) is 0 Å². The molecule has 3 rings (SSSR count). The van der Waals surface area contributed by atoms with Gasteiger partial charge in [0.05, 0.1) is 16.8 Å². The number of halogens is 3. The van der Waals surface area contributed by atoms with Crippen LogP contribution < -0.4 is 16.2 Å². The third-order valence-corrected chi connectivity index (χ3v) is 4.39. The molecule has 0 saturated heterocycles. The SMILES string of the molecule is Cc1cccc2[nH]c(=O)c(C(=O)N(C)c3ccc(C(F)(F)F)cc3)c(N)c12. The number of fused-ring (bicyclic) bond motifs is 1. The molecule has 0 aliphatic rings. The fourth-order valence-corrected chi connectivity index (χ4v) is 2.93. The van der Waals surface area contributed by atoms with E-state index in [-0.39, 0.29) is 16.9 Å². The van der Waals surface area contributed by atoms with E-state index in [0.29, 0.717) is 10.9 Å². The molecule has 140 valence electrons. The van der Waals surface area contributed by atoms with Gasteiger partial charge in [0, 0.05) is 18.1 Å². The Labute approximate surface area is 152 Å². The number of hydrogen-bond donors (Lipinski definition) is 2. The minimum Gasteiger partial charge on any atom is -0.397 e. The Morgan fingerprint density at radius 2 is 1.74 bits per heavy atom. The fraction of sp³-hybridized carbons (Fsp3) is 0.158. The zero-order chi connectivity index (χ0) is 19.9. The van der Waals surface area contributed by atoms with E-state index in [0.717, 1.165) is 34.7 Å². The molecule has 0 aliphatic carbocycles. The van der Waals surface area contributed by atoms with E-state index in [1.54, 1.807) is 25.1 Å². The number of rotatable bonds is 2. The van der Waals surface area contributed by atoms with Gasteiger partial charge in [0.25, 0.3) is 11.5 Å². The van der Waals surface area contributed by atoms with Crippen LogP contribution in [0.15, 0.2) is 47.3 Å². The van der Waals surface area contributed by atoms with Gasteiger partial charge in [-0.15, -0.1) is 0 Å². The van der Waals surface area contributed by atoms with Crippen LogP contribution in [0.5, 0.6) is 0 Å². The Balaban J connectivity index is 2.05. The molecular formula is C19H16F3N3O2. The summed E-state index contributed by atoms with van der Waals surface area (Å²) in [5, 5.41) is 0.557. The molecule has 3 aromatic rings. The average Bonchev–Trinajstić information content (AvgIpc) is 2.60. The first-order valence-electron chi connectivity index (χ1n) is 7.97. The quantitative estimate of drug-likeness (QED) is 0.717. The molecule has 0 atom stereocenters. The van der Waals surface area contributed by atoms with E-state index < -0.39 is 23.2 Å². The number of alkyl halides is 3. The van der Waals surface area contributed by atoms with Crippen LogP contribution in [-0.4, -0.2) is 17.9 Å². The van der Waals surface area contributed by atoms with Crippen molar-refractivity contribution in [1.82, 2.24) is 4.98 Å². The third-order valence-electron chi connectivity index (χ3n) is 4.39. The van der Waals surface area contributed by atoms with Crippen molar-refractivity contribution < 1.29 is 18.0 Å². The summed E-state index contributed by atoms with van der Waals surface area (Å²) < 4.78 is 38.1. The highest BCUT2D eigenvalue weighted by Crippen LogP contribution is 2.31. The van der Waals surface area contributed by atoms with Crippen LogP contribution in [0.4, 0.5) is 24.5 Å². The van der Waals surface area contributed by atoms with Crippen LogP contribution in [0.2, 0.25) is 0 Å². The molecule has 0 fully saturated rings. The van der Waals surface area contributed by atoms with Gasteiger partial charge in [-0.3, -0.25) is 9.59 Å². The number of nitrogen functional groups attached to an aromatic ring is 1. The number of benzene rings is 2. The van der Waals surface area contributed by atoms with Gasteiger partial charge in [0.15, 0.2) is 0 Å². The predicted octanol–water partition coefficient (Wildman–Crippen LogP) is 3.71. The van der Waals surface area contributed by atoms with Crippen molar-refractivity contribution in [3.63, 3.8) is 0 Å². The van der Waals surface area contributed by atoms with Gasteiger partial charge in [-0.05, 0) is 42.8 Å². The lowest BCUT2D eigenvalue weighted by atomic mass is 10.0. The number of amides is 1. The van der Waals surface area contributed by atoms with Crippen molar-refractivity contribution in [1.29, 1.82) is 0 Å². The summed E-state index contributed by atoms with van der Waals surface area (Å²) in [4.78, 5) is 28.9. The first-order valence-corrected chi connectivity index (χ1v) is 7.97. The number of aryl methyl sites for hydroxylation is 1. The van der Waals surface area contributed by atoms with Crippen molar-refractivity contribution in [3.05, 3.63) is 69.5 Å². The number of carbonyl (C=O) groups excluding carboxylic acids is 1. The van der Waals surface area contributed by atoms with Gasteiger partial charge in [0.2, 0.25) is 0 Å². The number of aromatic amines is 1. The minimum atomic E-state index is -4.47. The van der Waals surface area contributed by atoms with Gasteiger partial charge in [0.1, 0.15) is 5.56 Å². The molecule has 27 heavy (non-hydrogen) atoms. The lowest BCUT2D eigenvalue weighted by Gasteiger charge is -2.19. The Hall–Kier alpha value is -3.29. The number of H-pyrrole nitrogens is 1. The third kappa shape index (κ3) is 3.25. The summed E-state index contributed by atoms with van der Waals surface area (Å²) in [5.41, 5.74) is 5.90. The van der Waals surface area contributed by atoms with Crippen molar-refractivity contribution in [2.24, 2.45) is 0 Å². The Kier molecular flexibility index (Phi) is 4.43. The molecule has 1 aromatic heterocycles. The van der Waals surface area contributed by atoms with E-state index in [2.05, 4.69) is 4.98 Å². The molecule has 1 amide bonds. The molecule has 0 aliphatic heterocycles. The minimum absolute atomic E-state index is 0.0376. The lowest BCUT2D eigenvalue weighted by molar-refractivity contribution is -0.137. The monoisotopic (exact) mass is 375 g/mol. The first-order chi connectivity index (χ1) is 12.6. The average molecular weight is 375 g/mol. The standard InChI is InChI=1S/C19H16F3N3O2/c1-10-4-3-5-13-14(10)16(23)15(17(26)24-13)18(27)25(2)12-8-6-11(7-9-12)19(20,21)22/h3-9H,1-2H3,(H3,23,24,26). The predicted molar refractivity (Wildman–Crippen MR) is 97.9 cm³/mol. The van der Waals surface area contributed by atoms with Crippen LogP contribution in [0.25, 0.3) is 10.9 Å². The zero-order valence-corrected chi connectivity index (χ0v) is 14.5. The Bertz CT molecular complexity index is 1090. The van der Waals surface area contributed by atoms with E-state index in [9.17, 15) is 22.8 Å². The second-order valence-corrected chi connectivity index (χ2v) is 6.15. The fourth-order valence-electron chi connectivity index (χ4n) is 2.93. The summed E-state index contributed by atoms with van der Waals surface area (Å²) in [6, 6.07) is 9.30. The Morgan fingerprint density at radius 1 is 1.11 bits per heavy atom. The maximum absolute atomic E-state index is 12.8. The maximum atomic E-state index is 12.8. The van der Waals surface area contributed by atoms with Gasteiger partial charge in [-0.2, -0.15) is 13.2 Å². The molecule has 0 unspecified atom stereocenters. The van der Waals surface area contributed by atoms with Gasteiger partial charge >= 0.3 is 6.18 Å². The number of anilines is 2. The maximum Gasteiger partial charge on any atom is 0.416 e. The van der Waals surface area contributed by atoms with Crippen LogP contribution in [0, 0.1) is 6.92 Å². The highest BCUT2D eigenvalue weighted by molar-refractivity contribution is 6.13. The number of pyridine rings is 1. The molecule has 1 heterocycles. The molecule has 0 spiro atoms. The van der Waals surface area contributed by atoms with Crippen LogP contribution in [-0.2, 0) is 6.18 Å². The van der Waals surface area contributed by atoms with Crippen LogP contribution in [0.1, 0.15) is 21.5 Å². The number of nitrogens with zero attached hydrogens (tertiary/aromatic N) is 1. The first kappa shape index (κ1) is 18.5. The second kappa shape index (κ2) is 6.46. The van der Waals surface area contributed by atoms with Gasteiger partial charge in [-0.1, -0.05) is 12.1 Å². The summed E-state index contributed by atoms with van der Waals surface area (Å²) in [5.74, 6) is -0.710. The van der Waals surface area contributed by atoms with Crippen molar-refractivity contribution >= 4 is 28.2 Å². The van der Waals surface area contributed by atoms with E-state index in [1.807, 2.05) is 0 Å². The molecular weight excluding hydrogens is 359 g/mol. The zero-order valence-electron chi connectivity index (χ0n) is 14.5. The highest BCUT2D eigenvalue weighted by atomic mass is 19.4. The summed E-state index contributed by atoms with van der Waals surface area (Å²) >= 11 is 0. The van der Waals surface area contributed by atoms with Gasteiger partial charge in [-0.25, -0.2) is 0 Å². The lowest BCUT2D eigenvalue weighted by Crippen LogP contribution is -2.33. The number of nitrogens with two attached hydrogens (primary N) is 1. The molecule has 5 nitrogen and oxygen atoms in total. The summed E-state index contributed by atoms with van der Waals surface area (Å²) in [7, 11) is 1.37.